The fourth-order valence-corrected chi connectivity index (χ4v) is 3.28. The number of methoxy groups -OCH3 is 1. The lowest BCUT2D eigenvalue weighted by molar-refractivity contribution is -0.142. The molecule has 1 aliphatic heterocycles. The molecule has 4 nitrogen and oxygen atoms in total. The lowest BCUT2D eigenvalue weighted by Gasteiger charge is -2.35. The zero-order valence-electron chi connectivity index (χ0n) is 12.9. The van der Waals surface area contributed by atoms with Crippen molar-refractivity contribution in [3.8, 4) is 0 Å². The predicted octanol–water partition coefficient (Wildman–Crippen LogP) is 2.64. The fourth-order valence-electron chi connectivity index (χ4n) is 3.15. The van der Waals surface area contributed by atoms with Gasteiger partial charge in [0, 0.05) is 31.8 Å². The number of rotatable bonds is 5. The van der Waals surface area contributed by atoms with Gasteiger partial charge in [0.1, 0.15) is 0 Å². The van der Waals surface area contributed by atoms with E-state index in [1.807, 2.05) is 29.2 Å². The third-order valence-corrected chi connectivity index (χ3v) is 4.88. The van der Waals surface area contributed by atoms with Crippen LogP contribution >= 0.6 is 11.6 Å². The smallest absolute Gasteiger partial charge is 0.233 e. The molecule has 1 aromatic carbocycles. The van der Waals surface area contributed by atoms with Crippen molar-refractivity contribution < 1.29 is 14.3 Å². The van der Waals surface area contributed by atoms with Crippen LogP contribution in [-0.4, -0.2) is 50.3 Å². The number of amides is 1. The van der Waals surface area contributed by atoms with Gasteiger partial charge in [0.15, 0.2) is 0 Å². The van der Waals surface area contributed by atoms with Crippen molar-refractivity contribution in [2.45, 2.75) is 30.8 Å². The van der Waals surface area contributed by atoms with E-state index in [4.69, 9.17) is 21.1 Å². The summed E-state index contributed by atoms with van der Waals surface area (Å²) in [5, 5.41) is 0.706. The zero-order valence-corrected chi connectivity index (χ0v) is 13.6. The van der Waals surface area contributed by atoms with E-state index in [0.29, 0.717) is 31.3 Å². The van der Waals surface area contributed by atoms with Crippen molar-refractivity contribution in [2.75, 3.05) is 33.4 Å². The van der Waals surface area contributed by atoms with E-state index in [9.17, 15) is 4.79 Å². The van der Waals surface area contributed by atoms with Crippen molar-refractivity contribution in [3.05, 3.63) is 34.9 Å². The minimum atomic E-state index is -0.326. The van der Waals surface area contributed by atoms with Gasteiger partial charge in [-0.3, -0.25) is 4.79 Å². The number of hydrogen-bond acceptors (Lipinski definition) is 3. The molecule has 120 valence electrons. The van der Waals surface area contributed by atoms with Gasteiger partial charge in [-0.05, 0) is 37.0 Å². The summed E-state index contributed by atoms with van der Waals surface area (Å²) < 4.78 is 10.8. The normalized spacial score (nSPS) is 23.4. The van der Waals surface area contributed by atoms with Crippen molar-refractivity contribution in [1.82, 2.24) is 4.90 Å². The first kappa shape index (κ1) is 15.8. The number of hydrogen-bond donors (Lipinski definition) is 0. The van der Waals surface area contributed by atoms with E-state index in [-0.39, 0.29) is 17.4 Å². The summed E-state index contributed by atoms with van der Waals surface area (Å²) in [7, 11) is 1.69. The second-order valence-corrected chi connectivity index (χ2v) is 6.55. The van der Waals surface area contributed by atoms with E-state index < -0.39 is 0 Å². The molecule has 0 spiro atoms. The molecular formula is C17H22ClNO3. The first-order valence-electron chi connectivity index (χ1n) is 7.82. The van der Waals surface area contributed by atoms with Crippen LogP contribution in [0.2, 0.25) is 5.02 Å². The molecule has 1 atom stereocenters. The van der Waals surface area contributed by atoms with Crippen LogP contribution in [0.15, 0.2) is 24.3 Å². The second-order valence-electron chi connectivity index (χ2n) is 6.11. The molecule has 2 aliphatic rings. The average Bonchev–Trinajstić information content (AvgIpc) is 3.35. The molecule has 0 bridgehead atoms. The summed E-state index contributed by atoms with van der Waals surface area (Å²) in [4.78, 5) is 15.0. The van der Waals surface area contributed by atoms with Crippen LogP contribution in [-0.2, 0) is 19.7 Å². The standard InChI is InChI=1S/C17H22ClNO3/c1-21-10-6-15-12-19(9-11-22-15)16(20)17(7-8-17)13-2-4-14(18)5-3-13/h2-5,15H,6-12H2,1H3. The summed E-state index contributed by atoms with van der Waals surface area (Å²) in [5.74, 6) is 0.237. The number of ether oxygens (including phenoxy) is 2. The molecular weight excluding hydrogens is 302 g/mol. The number of halogens is 1. The SMILES string of the molecule is COCCC1CN(C(=O)C2(c3ccc(Cl)cc3)CC2)CCO1. The topological polar surface area (TPSA) is 38.8 Å². The Morgan fingerprint density at radius 1 is 1.41 bits per heavy atom. The van der Waals surface area contributed by atoms with Crippen LogP contribution in [0, 0.1) is 0 Å². The Balaban J connectivity index is 1.69. The summed E-state index contributed by atoms with van der Waals surface area (Å²) in [6.07, 6.45) is 2.76. The van der Waals surface area contributed by atoms with Crippen molar-refractivity contribution in [2.24, 2.45) is 0 Å². The minimum absolute atomic E-state index is 0.0821. The monoisotopic (exact) mass is 323 g/mol. The van der Waals surface area contributed by atoms with E-state index in [1.165, 1.54) is 0 Å². The Bertz CT molecular complexity index is 527. The van der Waals surface area contributed by atoms with Crippen LogP contribution in [0.5, 0.6) is 0 Å². The minimum Gasteiger partial charge on any atom is -0.385 e. The first-order chi connectivity index (χ1) is 10.7. The van der Waals surface area contributed by atoms with E-state index in [1.54, 1.807) is 7.11 Å². The van der Waals surface area contributed by atoms with Gasteiger partial charge in [0.2, 0.25) is 5.91 Å². The first-order valence-corrected chi connectivity index (χ1v) is 8.19. The molecule has 1 saturated carbocycles. The fraction of sp³-hybridized carbons (Fsp3) is 0.588. The molecule has 1 heterocycles. The van der Waals surface area contributed by atoms with Crippen LogP contribution in [0.4, 0.5) is 0 Å². The molecule has 2 fully saturated rings. The molecule has 1 amide bonds. The molecule has 0 aromatic heterocycles. The van der Waals surface area contributed by atoms with Crippen molar-refractivity contribution in [1.29, 1.82) is 0 Å². The third kappa shape index (κ3) is 3.14. The second kappa shape index (κ2) is 6.57. The van der Waals surface area contributed by atoms with Gasteiger partial charge >= 0.3 is 0 Å². The summed E-state index contributed by atoms with van der Waals surface area (Å²) in [5.41, 5.74) is 0.759. The van der Waals surface area contributed by atoms with Gasteiger partial charge in [-0.15, -0.1) is 0 Å². The van der Waals surface area contributed by atoms with Crippen LogP contribution < -0.4 is 0 Å². The molecule has 1 saturated heterocycles. The number of morpholine rings is 1. The molecule has 1 aromatic rings. The van der Waals surface area contributed by atoms with Gasteiger partial charge in [-0.1, -0.05) is 23.7 Å². The predicted molar refractivity (Wildman–Crippen MR) is 85.2 cm³/mol. The summed E-state index contributed by atoms with van der Waals surface area (Å²) in [6, 6.07) is 7.70. The molecule has 5 heteroatoms. The quantitative estimate of drug-likeness (QED) is 0.836. The zero-order chi connectivity index (χ0) is 15.6. The molecule has 1 unspecified atom stereocenters. The molecule has 22 heavy (non-hydrogen) atoms. The third-order valence-electron chi connectivity index (χ3n) is 4.63. The number of nitrogens with zero attached hydrogens (tertiary/aromatic N) is 1. The van der Waals surface area contributed by atoms with Gasteiger partial charge in [-0.2, -0.15) is 0 Å². The maximum atomic E-state index is 13.0. The molecule has 0 radical (unpaired) electrons. The number of carbonyl (C=O) groups is 1. The van der Waals surface area contributed by atoms with Crippen molar-refractivity contribution >= 4 is 17.5 Å². The van der Waals surface area contributed by atoms with Crippen LogP contribution in [0.3, 0.4) is 0 Å². The summed E-state index contributed by atoms with van der Waals surface area (Å²) in [6.45, 7) is 2.61. The highest BCUT2D eigenvalue weighted by Gasteiger charge is 2.53. The van der Waals surface area contributed by atoms with Gasteiger partial charge in [0.25, 0.3) is 0 Å². The molecule has 0 N–H and O–H groups in total. The highest BCUT2D eigenvalue weighted by atomic mass is 35.5. The van der Waals surface area contributed by atoms with Gasteiger partial charge < -0.3 is 14.4 Å². The Kier molecular flexibility index (Phi) is 4.71. The number of carbonyl (C=O) groups excluding carboxylic acids is 1. The van der Waals surface area contributed by atoms with Gasteiger partial charge in [-0.25, -0.2) is 0 Å². The molecule has 1 aliphatic carbocycles. The van der Waals surface area contributed by atoms with E-state index in [2.05, 4.69) is 0 Å². The molecule has 3 rings (SSSR count). The lowest BCUT2D eigenvalue weighted by atomic mass is 9.94. The Labute approximate surface area is 136 Å². The highest BCUT2D eigenvalue weighted by Crippen LogP contribution is 2.50. The van der Waals surface area contributed by atoms with Crippen molar-refractivity contribution in [3.63, 3.8) is 0 Å². The Morgan fingerprint density at radius 2 is 2.14 bits per heavy atom. The number of benzene rings is 1. The average molecular weight is 324 g/mol. The van der Waals surface area contributed by atoms with Gasteiger partial charge in [0.05, 0.1) is 18.1 Å². The van der Waals surface area contributed by atoms with E-state index in [0.717, 1.165) is 24.8 Å². The maximum Gasteiger partial charge on any atom is 0.233 e. The van der Waals surface area contributed by atoms with Crippen LogP contribution in [0.1, 0.15) is 24.8 Å². The maximum absolute atomic E-state index is 13.0. The summed E-state index contributed by atoms with van der Waals surface area (Å²) >= 11 is 5.95. The largest absolute Gasteiger partial charge is 0.385 e. The highest BCUT2D eigenvalue weighted by molar-refractivity contribution is 6.30. The Morgan fingerprint density at radius 3 is 2.77 bits per heavy atom. The lowest BCUT2D eigenvalue weighted by Crippen LogP contribution is -2.49. The Hall–Kier alpha value is -1.10. The van der Waals surface area contributed by atoms with Crippen LogP contribution in [0.25, 0.3) is 0 Å². The van der Waals surface area contributed by atoms with E-state index >= 15 is 0 Å².